The van der Waals surface area contributed by atoms with Gasteiger partial charge in [-0.2, -0.15) is 0 Å². The Morgan fingerprint density at radius 3 is 2.11 bits per heavy atom. The van der Waals surface area contributed by atoms with Gasteiger partial charge in [-0.1, -0.05) is 109 Å². The van der Waals surface area contributed by atoms with Crippen molar-refractivity contribution in [2.75, 3.05) is 17.4 Å². The number of benzene rings is 4. The average molecular weight is 681 g/mol. The molecule has 0 fully saturated rings. The van der Waals surface area contributed by atoms with Crippen LogP contribution < -0.4 is 9.62 Å². The summed E-state index contributed by atoms with van der Waals surface area (Å²) in [5.41, 5.74) is 3.35. The summed E-state index contributed by atoms with van der Waals surface area (Å²) in [6.07, 6.45) is 0.210. The lowest BCUT2D eigenvalue weighted by Crippen LogP contribution is -2.53. The second-order valence-corrected chi connectivity index (χ2v) is 14.4. The molecule has 0 radical (unpaired) electrons. The molecule has 4 rings (SSSR count). The van der Waals surface area contributed by atoms with Crippen LogP contribution >= 0.6 is 23.2 Å². The minimum Gasteiger partial charge on any atom is -0.354 e. The molecular weight excluding hydrogens is 641 g/mol. The zero-order valence-electron chi connectivity index (χ0n) is 26.4. The number of amides is 2. The summed E-state index contributed by atoms with van der Waals surface area (Å²) in [5, 5.41) is 3.77. The molecule has 10 heteroatoms. The van der Waals surface area contributed by atoms with Crippen LogP contribution in [0.1, 0.15) is 36.1 Å². The number of nitrogens with one attached hydrogen (secondary N) is 1. The Morgan fingerprint density at radius 2 is 1.48 bits per heavy atom. The Kier molecular flexibility index (Phi) is 11.9. The standard InChI is InChI=1S/C36H39Cl2N3O4S/c1-25(2)22-39-36(43)34(20-28-10-6-5-7-11-28)40(23-29-12-8-9-13-32(29)37)35(42)24-41(30-17-16-27(4)33(38)21-30)46(44,45)31-18-14-26(3)15-19-31/h5-19,21,25,34H,20,22-24H2,1-4H3,(H,39,43)/t34-/m1/s1. The van der Waals surface area contributed by atoms with Crippen molar-refractivity contribution in [3.63, 3.8) is 0 Å². The monoisotopic (exact) mass is 679 g/mol. The molecule has 1 atom stereocenters. The first kappa shape index (κ1) is 35.0. The van der Waals surface area contributed by atoms with E-state index >= 15 is 0 Å². The van der Waals surface area contributed by atoms with Crippen molar-refractivity contribution in [2.24, 2.45) is 5.92 Å². The summed E-state index contributed by atoms with van der Waals surface area (Å²) in [6.45, 7) is 7.46. The van der Waals surface area contributed by atoms with E-state index in [9.17, 15) is 18.0 Å². The van der Waals surface area contributed by atoms with Crippen LogP contribution in [0.15, 0.2) is 102 Å². The second kappa shape index (κ2) is 15.6. The van der Waals surface area contributed by atoms with E-state index in [-0.39, 0.29) is 35.4 Å². The summed E-state index contributed by atoms with van der Waals surface area (Å²) < 4.78 is 29.4. The molecule has 0 aromatic heterocycles. The minimum atomic E-state index is -4.24. The summed E-state index contributed by atoms with van der Waals surface area (Å²) in [5.74, 6) is -0.743. The predicted molar refractivity (Wildman–Crippen MR) is 186 cm³/mol. The largest absolute Gasteiger partial charge is 0.354 e. The van der Waals surface area contributed by atoms with E-state index in [0.29, 0.717) is 22.2 Å². The van der Waals surface area contributed by atoms with Gasteiger partial charge in [0.2, 0.25) is 11.8 Å². The van der Waals surface area contributed by atoms with Gasteiger partial charge in [0.05, 0.1) is 10.6 Å². The highest BCUT2D eigenvalue weighted by Crippen LogP contribution is 2.29. The normalized spacial score (nSPS) is 12.1. The van der Waals surface area contributed by atoms with Gasteiger partial charge in [-0.3, -0.25) is 13.9 Å². The van der Waals surface area contributed by atoms with Crippen LogP contribution in [0.2, 0.25) is 10.0 Å². The van der Waals surface area contributed by atoms with Gasteiger partial charge in [0.15, 0.2) is 0 Å². The Balaban J connectivity index is 1.82. The molecule has 242 valence electrons. The molecule has 0 unspecified atom stereocenters. The molecule has 0 heterocycles. The zero-order valence-corrected chi connectivity index (χ0v) is 28.7. The van der Waals surface area contributed by atoms with Crippen LogP contribution in [0.5, 0.6) is 0 Å². The molecule has 2 amide bonds. The molecule has 0 bridgehead atoms. The predicted octanol–water partition coefficient (Wildman–Crippen LogP) is 7.22. The van der Waals surface area contributed by atoms with E-state index < -0.39 is 28.5 Å². The first-order chi connectivity index (χ1) is 21.9. The lowest BCUT2D eigenvalue weighted by molar-refractivity contribution is -0.140. The summed E-state index contributed by atoms with van der Waals surface area (Å²) in [6, 6.07) is 26.8. The van der Waals surface area contributed by atoms with Gasteiger partial charge in [-0.25, -0.2) is 8.42 Å². The zero-order chi connectivity index (χ0) is 33.4. The molecule has 0 spiro atoms. The number of sulfonamides is 1. The number of hydrogen-bond acceptors (Lipinski definition) is 4. The molecular formula is C36H39Cl2N3O4S. The maximum absolute atomic E-state index is 14.6. The summed E-state index contributed by atoms with van der Waals surface area (Å²) in [7, 11) is -4.24. The molecule has 4 aromatic rings. The molecule has 0 saturated carbocycles. The van der Waals surface area contributed by atoms with E-state index in [1.165, 1.54) is 23.1 Å². The Bertz CT molecular complexity index is 1760. The number of carbonyl (C=O) groups is 2. The fourth-order valence-corrected chi connectivity index (χ4v) is 6.67. The highest BCUT2D eigenvalue weighted by Gasteiger charge is 2.35. The number of aryl methyl sites for hydroxylation is 2. The smallest absolute Gasteiger partial charge is 0.264 e. The Labute approximate surface area is 282 Å². The van der Waals surface area contributed by atoms with Gasteiger partial charge < -0.3 is 10.2 Å². The van der Waals surface area contributed by atoms with Gasteiger partial charge in [0.25, 0.3) is 10.0 Å². The molecule has 46 heavy (non-hydrogen) atoms. The minimum absolute atomic E-state index is 0.0157. The Hall–Kier alpha value is -3.85. The van der Waals surface area contributed by atoms with Gasteiger partial charge >= 0.3 is 0 Å². The SMILES string of the molecule is Cc1ccc(S(=O)(=O)N(CC(=O)N(Cc2ccccc2Cl)[C@H](Cc2ccccc2)C(=O)NCC(C)C)c2ccc(C)c(Cl)c2)cc1. The quantitative estimate of drug-likeness (QED) is 0.162. The maximum Gasteiger partial charge on any atom is 0.264 e. The lowest BCUT2D eigenvalue weighted by atomic mass is 10.0. The van der Waals surface area contributed by atoms with Crippen LogP contribution in [0, 0.1) is 19.8 Å². The van der Waals surface area contributed by atoms with Gasteiger partial charge in [-0.15, -0.1) is 0 Å². The molecule has 1 N–H and O–H groups in total. The first-order valence-corrected chi connectivity index (χ1v) is 17.3. The molecule has 0 aliphatic rings. The first-order valence-electron chi connectivity index (χ1n) is 15.1. The third-order valence-electron chi connectivity index (χ3n) is 7.59. The van der Waals surface area contributed by atoms with E-state index in [4.69, 9.17) is 23.2 Å². The number of nitrogens with zero attached hydrogens (tertiary/aromatic N) is 2. The number of halogens is 2. The van der Waals surface area contributed by atoms with Gasteiger partial charge in [0, 0.05) is 29.6 Å². The average Bonchev–Trinajstić information content (AvgIpc) is 3.03. The number of rotatable bonds is 13. The Morgan fingerprint density at radius 1 is 0.826 bits per heavy atom. The highest BCUT2D eigenvalue weighted by molar-refractivity contribution is 7.92. The van der Waals surface area contributed by atoms with Crippen LogP contribution in [-0.4, -0.2) is 44.3 Å². The molecule has 0 aliphatic heterocycles. The van der Waals surface area contributed by atoms with Crippen molar-refractivity contribution in [1.82, 2.24) is 10.2 Å². The highest BCUT2D eigenvalue weighted by atomic mass is 35.5. The van der Waals surface area contributed by atoms with E-state index in [1.807, 2.05) is 58.0 Å². The fraction of sp³-hybridized carbons (Fsp3) is 0.278. The molecule has 7 nitrogen and oxygen atoms in total. The van der Waals surface area contributed by atoms with Crippen molar-refractivity contribution >= 4 is 50.7 Å². The van der Waals surface area contributed by atoms with Crippen LogP contribution in [0.3, 0.4) is 0 Å². The van der Waals surface area contributed by atoms with Crippen molar-refractivity contribution in [2.45, 2.75) is 51.6 Å². The third kappa shape index (κ3) is 8.90. The van der Waals surface area contributed by atoms with Crippen molar-refractivity contribution in [3.8, 4) is 0 Å². The van der Waals surface area contributed by atoms with Crippen molar-refractivity contribution in [3.05, 3.63) is 129 Å². The van der Waals surface area contributed by atoms with E-state index in [0.717, 1.165) is 21.0 Å². The summed E-state index contributed by atoms with van der Waals surface area (Å²) in [4.78, 5) is 29.9. The van der Waals surface area contributed by atoms with Gasteiger partial charge in [-0.05, 0) is 66.8 Å². The third-order valence-corrected chi connectivity index (χ3v) is 10.1. The number of carbonyl (C=O) groups excluding carboxylic acids is 2. The number of anilines is 1. The van der Waals surface area contributed by atoms with E-state index in [2.05, 4.69) is 5.32 Å². The van der Waals surface area contributed by atoms with Crippen LogP contribution in [0.25, 0.3) is 0 Å². The fourth-order valence-electron chi connectivity index (χ4n) is 4.89. The lowest BCUT2D eigenvalue weighted by Gasteiger charge is -2.34. The van der Waals surface area contributed by atoms with Gasteiger partial charge in [0.1, 0.15) is 12.6 Å². The van der Waals surface area contributed by atoms with Crippen LogP contribution in [0.4, 0.5) is 5.69 Å². The molecule has 0 saturated heterocycles. The van der Waals surface area contributed by atoms with Crippen molar-refractivity contribution < 1.29 is 18.0 Å². The number of hydrogen-bond donors (Lipinski definition) is 1. The maximum atomic E-state index is 14.6. The topological polar surface area (TPSA) is 86.8 Å². The van der Waals surface area contributed by atoms with Crippen molar-refractivity contribution in [1.29, 1.82) is 0 Å². The van der Waals surface area contributed by atoms with E-state index in [1.54, 1.807) is 48.5 Å². The van der Waals surface area contributed by atoms with Crippen LogP contribution in [-0.2, 0) is 32.6 Å². The second-order valence-electron chi connectivity index (χ2n) is 11.7. The molecule has 4 aromatic carbocycles. The summed E-state index contributed by atoms with van der Waals surface area (Å²) >= 11 is 13.0. The molecule has 0 aliphatic carbocycles.